The summed E-state index contributed by atoms with van der Waals surface area (Å²) in [6, 6.07) is 6.10. The minimum atomic E-state index is -0.306. The number of aromatic amines is 1. The summed E-state index contributed by atoms with van der Waals surface area (Å²) >= 11 is 0. The van der Waals surface area contributed by atoms with Crippen LogP contribution in [0, 0.1) is 36.0 Å². The first kappa shape index (κ1) is 23.3. The quantitative estimate of drug-likeness (QED) is 0.726. The molecule has 9 nitrogen and oxygen atoms in total. The lowest BCUT2D eigenvalue weighted by atomic mass is 9.89. The van der Waals surface area contributed by atoms with E-state index < -0.39 is 0 Å². The lowest BCUT2D eigenvalue weighted by molar-refractivity contribution is -0.135. The highest BCUT2D eigenvalue weighted by molar-refractivity contribution is 5.80. The number of hydrogen-bond donors (Lipinski definition) is 1. The molecule has 0 spiro atoms. The number of nitrogens with one attached hydrogen (secondary N) is 1. The molecular formula is C26H32N6O3. The van der Waals surface area contributed by atoms with E-state index in [4.69, 9.17) is 4.74 Å². The number of aryl methyl sites for hydroxylation is 2. The fraction of sp³-hybridized carbons (Fsp3) is 0.577. The van der Waals surface area contributed by atoms with E-state index in [-0.39, 0.29) is 30.4 Å². The fourth-order valence-electron chi connectivity index (χ4n) is 5.88. The minimum Gasteiger partial charge on any atom is -0.445 e. The Morgan fingerprint density at radius 2 is 1.91 bits per heavy atom. The molecule has 9 heteroatoms. The highest BCUT2D eigenvalue weighted by Crippen LogP contribution is 2.34. The molecule has 5 rings (SSSR count). The molecule has 2 aliphatic heterocycles. The summed E-state index contributed by atoms with van der Waals surface area (Å²) in [6.07, 6.45) is 1.99. The molecule has 2 fully saturated rings. The van der Waals surface area contributed by atoms with Gasteiger partial charge in [-0.3, -0.25) is 9.89 Å². The first-order valence-electron chi connectivity index (χ1n) is 12.5. The Balaban J connectivity index is 1.15. The SMILES string of the molecule is Cc1cc(COC(=O)N2C[C@@H]3CN(C(=O)[C@@H]4CCc5[nH]nnc5C4)C[C@H]3C2)c(C(C)C)cc1C#N. The van der Waals surface area contributed by atoms with Gasteiger partial charge in [-0.05, 0) is 48.4 Å². The van der Waals surface area contributed by atoms with Crippen molar-refractivity contribution < 1.29 is 14.3 Å². The standard InChI is InChI=1S/C26H32N6O3/c1-15(2)22-7-18(9-27)16(3)6-19(22)14-35-26(34)32-12-20-10-31(11-21(20)13-32)25(33)17-4-5-23-24(8-17)29-30-28-23/h6-7,15,17,20-21H,4-5,8,10-14H2,1-3H3,(H,28,29,30)/t17-,20+,21+/m1/s1. The number of carbonyl (C=O) groups is 2. The smallest absolute Gasteiger partial charge is 0.410 e. The summed E-state index contributed by atoms with van der Waals surface area (Å²) < 4.78 is 5.70. The number of nitriles is 1. The molecule has 0 radical (unpaired) electrons. The highest BCUT2D eigenvalue weighted by Gasteiger charge is 2.45. The molecule has 2 aromatic rings. The largest absolute Gasteiger partial charge is 0.445 e. The van der Waals surface area contributed by atoms with Crippen molar-refractivity contribution in [2.75, 3.05) is 26.2 Å². The third-order valence-electron chi connectivity index (χ3n) is 7.87. The summed E-state index contributed by atoms with van der Waals surface area (Å²) in [7, 11) is 0. The zero-order chi connectivity index (χ0) is 24.7. The summed E-state index contributed by atoms with van der Waals surface area (Å²) in [5, 5.41) is 20.2. The molecule has 1 aliphatic carbocycles. The van der Waals surface area contributed by atoms with Gasteiger partial charge in [-0.1, -0.05) is 25.1 Å². The maximum absolute atomic E-state index is 13.1. The molecule has 3 aliphatic rings. The summed E-state index contributed by atoms with van der Waals surface area (Å²) in [6.45, 7) is 8.88. The van der Waals surface area contributed by atoms with Crippen LogP contribution in [0.2, 0.25) is 0 Å². The number of nitrogens with zero attached hydrogens (tertiary/aromatic N) is 5. The number of rotatable bonds is 4. The molecule has 3 heterocycles. The Morgan fingerprint density at radius 3 is 2.60 bits per heavy atom. The molecule has 2 amide bonds. The normalized spacial score (nSPS) is 23.2. The van der Waals surface area contributed by atoms with E-state index in [1.54, 1.807) is 4.90 Å². The second kappa shape index (κ2) is 9.33. The predicted octanol–water partition coefficient (Wildman–Crippen LogP) is 2.94. The van der Waals surface area contributed by atoms with Crippen LogP contribution in [0.15, 0.2) is 12.1 Å². The predicted molar refractivity (Wildman–Crippen MR) is 127 cm³/mol. The maximum atomic E-state index is 13.1. The third-order valence-corrected chi connectivity index (χ3v) is 7.87. The number of H-pyrrole nitrogens is 1. The number of aromatic nitrogens is 3. The Morgan fingerprint density at radius 1 is 1.20 bits per heavy atom. The second-order valence-electron chi connectivity index (χ2n) is 10.5. The van der Waals surface area contributed by atoms with Crippen molar-refractivity contribution in [3.8, 4) is 6.07 Å². The first-order valence-corrected chi connectivity index (χ1v) is 12.5. The van der Waals surface area contributed by atoms with Crippen molar-refractivity contribution in [2.24, 2.45) is 17.8 Å². The lowest BCUT2D eigenvalue weighted by Crippen LogP contribution is -2.40. The van der Waals surface area contributed by atoms with Gasteiger partial charge >= 0.3 is 6.09 Å². The Bertz CT molecular complexity index is 1170. The number of benzene rings is 1. The summed E-state index contributed by atoms with van der Waals surface area (Å²) in [5.74, 6) is 0.992. The van der Waals surface area contributed by atoms with E-state index in [0.29, 0.717) is 50.0 Å². The molecule has 0 bridgehead atoms. The maximum Gasteiger partial charge on any atom is 0.410 e. The van der Waals surface area contributed by atoms with Gasteiger partial charge in [0.05, 0.1) is 23.0 Å². The Hall–Kier alpha value is -3.41. The number of ether oxygens (including phenoxy) is 1. The molecule has 0 unspecified atom stereocenters. The molecular weight excluding hydrogens is 444 g/mol. The van der Waals surface area contributed by atoms with Gasteiger partial charge in [0.2, 0.25) is 5.91 Å². The Kier molecular flexibility index (Phi) is 6.22. The van der Waals surface area contributed by atoms with Gasteiger partial charge < -0.3 is 14.5 Å². The Labute approximate surface area is 205 Å². The monoisotopic (exact) mass is 476 g/mol. The lowest BCUT2D eigenvalue weighted by Gasteiger charge is -2.27. The average Bonchev–Trinajstić information content (AvgIpc) is 3.56. The van der Waals surface area contributed by atoms with Crippen LogP contribution < -0.4 is 0 Å². The van der Waals surface area contributed by atoms with Crippen LogP contribution >= 0.6 is 0 Å². The number of hydrogen-bond acceptors (Lipinski definition) is 6. The van der Waals surface area contributed by atoms with Gasteiger partial charge in [-0.25, -0.2) is 4.79 Å². The van der Waals surface area contributed by atoms with Gasteiger partial charge in [-0.15, -0.1) is 5.10 Å². The van der Waals surface area contributed by atoms with Crippen LogP contribution in [0.1, 0.15) is 59.8 Å². The van der Waals surface area contributed by atoms with Crippen LogP contribution in [0.5, 0.6) is 0 Å². The summed E-state index contributed by atoms with van der Waals surface area (Å²) in [5.41, 5.74) is 5.50. The fourth-order valence-corrected chi connectivity index (χ4v) is 5.88. The molecule has 1 aromatic heterocycles. The van der Waals surface area contributed by atoms with Crippen LogP contribution in [-0.2, 0) is 29.0 Å². The van der Waals surface area contributed by atoms with Gasteiger partial charge in [0.25, 0.3) is 0 Å². The van der Waals surface area contributed by atoms with Crippen molar-refractivity contribution in [1.82, 2.24) is 25.2 Å². The van der Waals surface area contributed by atoms with Crippen molar-refractivity contribution in [2.45, 2.75) is 52.6 Å². The van der Waals surface area contributed by atoms with Crippen LogP contribution in [-0.4, -0.2) is 63.4 Å². The van der Waals surface area contributed by atoms with E-state index in [9.17, 15) is 14.9 Å². The van der Waals surface area contributed by atoms with E-state index in [1.165, 1.54) is 0 Å². The molecule has 184 valence electrons. The van der Waals surface area contributed by atoms with Gasteiger partial charge in [0, 0.05) is 50.4 Å². The van der Waals surface area contributed by atoms with E-state index in [2.05, 4.69) is 35.3 Å². The highest BCUT2D eigenvalue weighted by atomic mass is 16.6. The van der Waals surface area contributed by atoms with Gasteiger partial charge in [0.1, 0.15) is 6.61 Å². The van der Waals surface area contributed by atoms with E-state index in [0.717, 1.165) is 40.9 Å². The van der Waals surface area contributed by atoms with Crippen molar-refractivity contribution >= 4 is 12.0 Å². The topological polar surface area (TPSA) is 115 Å². The molecule has 3 atom stereocenters. The minimum absolute atomic E-state index is 0.0291. The second-order valence-corrected chi connectivity index (χ2v) is 10.5. The van der Waals surface area contributed by atoms with Crippen LogP contribution in [0.25, 0.3) is 0 Å². The van der Waals surface area contributed by atoms with Crippen LogP contribution in [0.4, 0.5) is 4.79 Å². The molecule has 2 saturated heterocycles. The molecule has 0 saturated carbocycles. The van der Waals surface area contributed by atoms with Gasteiger partial charge in [0.15, 0.2) is 0 Å². The number of fused-ring (bicyclic) bond motifs is 2. The molecule has 35 heavy (non-hydrogen) atoms. The third kappa shape index (κ3) is 4.49. The van der Waals surface area contributed by atoms with Crippen molar-refractivity contribution in [3.05, 3.63) is 45.8 Å². The molecule has 1 N–H and O–H groups in total. The van der Waals surface area contributed by atoms with Crippen LogP contribution in [0.3, 0.4) is 0 Å². The number of carbonyl (C=O) groups excluding carboxylic acids is 2. The van der Waals surface area contributed by atoms with Crippen molar-refractivity contribution in [3.63, 3.8) is 0 Å². The van der Waals surface area contributed by atoms with Gasteiger partial charge in [-0.2, -0.15) is 5.26 Å². The summed E-state index contributed by atoms with van der Waals surface area (Å²) in [4.78, 5) is 29.8. The number of amides is 2. The number of likely N-dealkylation sites (tertiary alicyclic amines) is 2. The zero-order valence-electron chi connectivity index (χ0n) is 20.6. The first-order chi connectivity index (χ1) is 16.8. The van der Waals surface area contributed by atoms with E-state index >= 15 is 0 Å². The van der Waals surface area contributed by atoms with E-state index in [1.807, 2.05) is 24.0 Å². The average molecular weight is 477 g/mol. The van der Waals surface area contributed by atoms with Crippen molar-refractivity contribution in [1.29, 1.82) is 5.26 Å². The zero-order valence-corrected chi connectivity index (χ0v) is 20.6. The molecule has 1 aromatic carbocycles.